The minimum absolute atomic E-state index is 0.561. The molecule has 0 saturated heterocycles. The van der Waals surface area contributed by atoms with Crippen molar-refractivity contribution >= 4 is 11.8 Å². The van der Waals surface area contributed by atoms with Gasteiger partial charge in [-0.15, -0.1) is 11.8 Å². The van der Waals surface area contributed by atoms with Gasteiger partial charge in [-0.1, -0.05) is 6.07 Å². The topological polar surface area (TPSA) is 26.0 Å². The molecule has 0 aliphatic heterocycles. The Hall–Kier alpha value is -0.680. The predicted octanol–water partition coefficient (Wildman–Crippen LogP) is 3.15. The van der Waals surface area contributed by atoms with Crippen molar-refractivity contribution in [1.82, 2.24) is 0 Å². The third kappa shape index (κ3) is 4.13. The second-order valence-corrected chi connectivity index (χ2v) is 4.18. The highest BCUT2D eigenvalue weighted by atomic mass is 32.2. The summed E-state index contributed by atoms with van der Waals surface area (Å²) >= 11 is 1.40. The van der Waals surface area contributed by atoms with Crippen molar-refractivity contribution in [2.45, 2.75) is 17.5 Å². The molecule has 0 heterocycles. The molecule has 1 aromatic rings. The molecule has 1 rings (SSSR count). The van der Waals surface area contributed by atoms with Crippen LogP contribution >= 0.6 is 11.8 Å². The highest BCUT2D eigenvalue weighted by molar-refractivity contribution is 7.99. The average Bonchev–Trinajstić information content (AvgIpc) is 2.17. The average molecular weight is 235 g/mol. The number of rotatable bonds is 4. The number of alkyl halides is 3. The van der Waals surface area contributed by atoms with E-state index in [1.54, 1.807) is 6.07 Å². The number of nitrogens with two attached hydrogens (primary N) is 1. The molecule has 84 valence electrons. The van der Waals surface area contributed by atoms with Gasteiger partial charge in [-0.25, -0.2) is 0 Å². The molecule has 2 N–H and O–H groups in total. The summed E-state index contributed by atoms with van der Waals surface area (Å²) in [6.07, 6.45) is -3.45. The van der Waals surface area contributed by atoms with Gasteiger partial charge in [0.2, 0.25) is 0 Å². The number of hydrogen-bond acceptors (Lipinski definition) is 2. The number of halogens is 3. The van der Waals surface area contributed by atoms with Crippen molar-refractivity contribution in [3.63, 3.8) is 0 Å². The van der Waals surface area contributed by atoms with Gasteiger partial charge in [0.1, 0.15) is 0 Å². The number of hydrogen-bond donors (Lipinski definition) is 1. The summed E-state index contributed by atoms with van der Waals surface area (Å²) in [4.78, 5) is 0.637. The van der Waals surface area contributed by atoms with Crippen LogP contribution in [0.25, 0.3) is 0 Å². The van der Waals surface area contributed by atoms with Crippen molar-refractivity contribution < 1.29 is 13.2 Å². The van der Waals surface area contributed by atoms with Crippen LogP contribution in [0.5, 0.6) is 0 Å². The van der Waals surface area contributed by atoms with E-state index < -0.39 is 11.7 Å². The van der Waals surface area contributed by atoms with Crippen molar-refractivity contribution in [3.8, 4) is 0 Å². The SMILES string of the molecule is NCCCSc1cccc(C(F)(F)F)c1. The van der Waals surface area contributed by atoms with Crippen LogP contribution in [0.3, 0.4) is 0 Å². The smallest absolute Gasteiger partial charge is 0.330 e. The standard InChI is InChI=1S/C10H12F3NS/c11-10(12,13)8-3-1-4-9(7-8)15-6-2-5-14/h1,3-4,7H,2,5-6,14H2. The van der Waals surface area contributed by atoms with Crippen LogP contribution in [0, 0.1) is 0 Å². The van der Waals surface area contributed by atoms with Gasteiger partial charge in [0, 0.05) is 4.90 Å². The molecule has 0 amide bonds. The Kier molecular flexibility index (Phi) is 4.47. The maximum atomic E-state index is 12.3. The Bertz CT molecular complexity index is 312. The lowest BCUT2D eigenvalue weighted by molar-refractivity contribution is -0.137. The largest absolute Gasteiger partial charge is 0.416 e. The molecule has 0 aromatic heterocycles. The van der Waals surface area contributed by atoms with E-state index in [-0.39, 0.29) is 0 Å². The molecule has 0 atom stereocenters. The van der Waals surface area contributed by atoms with Crippen LogP contribution in [-0.4, -0.2) is 12.3 Å². The van der Waals surface area contributed by atoms with E-state index in [1.807, 2.05) is 0 Å². The molecule has 5 heteroatoms. The van der Waals surface area contributed by atoms with Gasteiger partial charge in [-0.3, -0.25) is 0 Å². The molecule has 0 bridgehead atoms. The lowest BCUT2D eigenvalue weighted by Gasteiger charge is -2.08. The van der Waals surface area contributed by atoms with Gasteiger partial charge < -0.3 is 5.73 Å². The van der Waals surface area contributed by atoms with Crippen LogP contribution in [0.15, 0.2) is 29.2 Å². The summed E-state index contributed by atoms with van der Waals surface area (Å²) in [5.41, 5.74) is 4.70. The van der Waals surface area contributed by atoms with Gasteiger partial charge in [-0.2, -0.15) is 13.2 Å². The van der Waals surface area contributed by atoms with E-state index >= 15 is 0 Å². The van der Waals surface area contributed by atoms with E-state index in [0.29, 0.717) is 11.4 Å². The summed E-state index contributed by atoms with van der Waals surface area (Å²) in [6.45, 7) is 0.561. The van der Waals surface area contributed by atoms with Gasteiger partial charge in [-0.05, 0) is 36.9 Å². The van der Waals surface area contributed by atoms with Crippen LogP contribution in [0.2, 0.25) is 0 Å². The summed E-state index contributed by atoms with van der Waals surface area (Å²) in [6, 6.07) is 5.35. The molecule has 0 aliphatic rings. The molecule has 1 nitrogen and oxygen atoms in total. The Morgan fingerprint density at radius 1 is 1.27 bits per heavy atom. The van der Waals surface area contributed by atoms with Crippen molar-refractivity contribution in [2.75, 3.05) is 12.3 Å². The van der Waals surface area contributed by atoms with Crippen LogP contribution < -0.4 is 5.73 Å². The highest BCUT2D eigenvalue weighted by Crippen LogP contribution is 2.31. The molecular formula is C10H12F3NS. The summed E-state index contributed by atoms with van der Waals surface area (Å²) in [7, 11) is 0. The van der Waals surface area contributed by atoms with Crippen LogP contribution in [-0.2, 0) is 6.18 Å². The molecular weight excluding hydrogens is 223 g/mol. The fourth-order valence-electron chi connectivity index (χ4n) is 1.04. The lowest BCUT2D eigenvalue weighted by Crippen LogP contribution is -2.04. The summed E-state index contributed by atoms with van der Waals surface area (Å²) in [5, 5.41) is 0. The monoisotopic (exact) mass is 235 g/mol. The Labute approximate surface area is 90.9 Å². The van der Waals surface area contributed by atoms with Crippen molar-refractivity contribution in [1.29, 1.82) is 0 Å². The van der Waals surface area contributed by atoms with Crippen molar-refractivity contribution in [2.24, 2.45) is 5.73 Å². The molecule has 15 heavy (non-hydrogen) atoms. The zero-order valence-electron chi connectivity index (χ0n) is 8.05. The maximum Gasteiger partial charge on any atom is 0.416 e. The maximum absolute atomic E-state index is 12.3. The molecule has 0 aliphatic carbocycles. The first kappa shape index (κ1) is 12.4. The molecule has 0 spiro atoms. The van der Waals surface area contributed by atoms with E-state index in [1.165, 1.54) is 23.9 Å². The molecule has 0 fully saturated rings. The zero-order chi connectivity index (χ0) is 11.3. The van der Waals surface area contributed by atoms with E-state index in [2.05, 4.69) is 0 Å². The zero-order valence-corrected chi connectivity index (χ0v) is 8.87. The Morgan fingerprint density at radius 3 is 2.60 bits per heavy atom. The first-order chi connectivity index (χ1) is 7.04. The summed E-state index contributed by atoms with van der Waals surface area (Å²) < 4.78 is 37.0. The lowest BCUT2D eigenvalue weighted by atomic mass is 10.2. The van der Waals surface area contributed by atoms with Gasteiger partial charge in [0.25, 0.3) is 0 Å². The van der Waals surface area contributed by atoms with Crippen molar-refractivity contribution in [3.05, 3.63) is 29.8 Å². The molecule has 0 radical (unpaired) electrons. The van der Waals surface area contributed by atoms with E-state index in [9.17, 15) is 13.2 Å². The van der Waals surface area contributed by atoms with Gasteiger partial charge in [0.05, 0.1) is 5.56 Å². The first-order valence-corrected chi connectivity index (χ1v) is 5.52. The minimum atomic E-state index is -4.26. The van der Waals surface area contributed by atoms with Crippen LogP contribution in [0.4, 0.5) is 13.2 Å². The second-order valence-electron chi connectivity index (χ2n) is 3.02. The Balaban J connectivity index is 2.66. The molecule has 1 aromatic carbocycles. The first-order valence-electron chi connectivity index (χ1n) is 4.54. The second kappa shape index (κ2) is 5.42. The normalized spacial score (nSPS) is 11.7. The quantitative estimate of drug-likeness (QED) is 0.641. The summed E-state index contributed by atoms with van der Waals surface area (Å²) in [5.74, 6) is 0.748. The third-order valence-electron chi connectivity index (χ3n) is 1.78. The fraction of sp³-hybridized carbons (Fsp3) is 0.400. The van der Waals surface area contributed by atoms with E-state index in [4.69, 9.17) is 5.73 Å². The van der Waals surface area contributed by atoms with E-state index in [0.717, 1.165) is 18.2 Å². The predicted molar refractivity (Wildman–Crippen MR) is 55.8 cm³/mol. The number of benzene rings is 1. The molecule has 0 unspecified atom stereocenters. The highest BCUT2D eigenvalue weighted by Gasteiger charge is 2.30. The van der Waals surface area contributed by atoms with Crippen LogP contribution in [0.1, 0.15) is 12.0 Å². The molecule has 0 saturated carbocycles. The Morgan fingerprint density at radius 2 is 2.00 bits per heavy atom. The number of thioether (sulfide) groups is 1. The third-order valence-corrected chi connectivity index (χ3v) is 2.86. The minimum Gasteiger partial charge on any atom is -0.330 e. The fourth-order valence-corrected chi connectivity index (χ4v) is 1.97. The van der Waals surface area contributed by atoms with Gasteiger partial charge in [0.15, 0.2) is 0 Å². The van der Waals surface area contributed by atoms with Gasteiger partial charge >= 0.3 is 6.18 Å².